The van der Waals surface area contributed by atoms with Crippen LogP contribution in [-0.2, 0) is 0 Å². The van der Waals surface area contributed by atoms with Crippen LogP contribution in [0.25, 0.3) is 0 Å². The number of hydrogen-bond donors (Lipinski definition) is 1. The average Bonchev–Trinajstić information content (AvgIpc) is 2.44. The van der Waals surface area contributed by atoms with Gasteiger partial charge in [0.25, 0.3) is 0 Å². The Morgan fingerprint density at radius 2 is 2.00 bits per heavy atom. The predicted molar refractivity (Wildman–Crippen MR) is 88.8 cm³/mol. The van der Waals surface area contributed by atoms with Crippen LogP contribution >= 0.6 is 43.5 Å². The molecule has 0 fully saturated rings. The zero-order chi connectivity index (χ0) is 14.7. The molecule has 6 heteroatoms. The van der Waals surface area contributed by atoms with Crippen LogP contribution in [0.4, 0.5) is 5.69 Å². The van der Waals surface area contributed by atoms with Crippen LogP contribution in [0, 0.1) is 0 Å². The lowest BCUT2D eigenvalue weighted by Gasteiger charge is -2.09. The van der Waals surface area contributed by atoms with E-state index in [0.29, 0.717) is 26.5 Å². The molecule has 0 radical (unpaired) electrons. The number of benzene rings is 2. The monoisotopic (exact) mass is 417 g/mol. The van der Waals surface area contributed by atoms with Crippen molar-refractivity contribution in [1.29, 1.82) is 0 Å². The van der Waals surface area contributed by atoms with Crippen molar-refractivity contribution >= 4 is 55.4 Å². The minimum Gasteiger partial charge on any atom is -0.504 e. The molecular formula is C14H10Br2ClNO2. The molecule has 0 amide bonds. The van der Waals surface area contributed by atoms with E-state index in [4.69, 9.17) is 16.3 Å². The highest BCUT2D eigenvalue weighted by Crippen LogP contribution is 2.39. The van der Waals surface area contributed by atoms with Gasteiger partial charge in [0, 0.05) is 15.2 Å². The third-order valence-corrected chi connectivity index (χ3v) is 4.93. The van der Waals surface area contributed by atoms with Gasteiger partial charge in [-0.25, -0.2) is 0 Å². The molecule has 0 spiro atoms. The maximum Gasteiger partial charge on any atom is 0.167 e. The van der Waals surface area contributed by atoms with Gasteiger partial charge in [-0.15, -0.1) is 0 Å². The van der Waals surface area contributed by atoms with Gasteiger partial charge in [-0.3, -0.25) is 4.99 Å². The van der Waals surface area contributed by atoms with Crippen molar-refractivity contribution in [3.8, 4) is 11.5 Å². The van der Waals surface area contributed by atoms with E-state index in [1.807, 2.05) is 12.1 Å². The van der Waals surface area contributed by atoms with Gasteiger partial charge < -0.3 is 9.84 Å². The van der Waals surface area contributed by atoms with Gasteiger partial charge in [-0.2, -0.15) is 0 Å². The Morgan fingerprint density at radius 1 is 1.30 bits per heavy atom. The minimum atomic E-state index is 0.0124. The van der Waals surface area contributed by atoms with E-state index >= 15 is 0 Å². The second-order valence-electron chi connectivity index (χ2n) is 3.85. The highest BCUT2D eigenvalue weighted by molar-refractivity contribution is 9.13. The van der Waals surface area contributed by atoms with Gasteiger partial charge in [0.05, 0.1) is 23.4 Å². The van der Waals surface area contributed by atoms with Crippen LogP contribution in [0.2, 0.25) is 5.02 Å². The largest absolute Gasteiger partial charge is 0.504 e. The molecule has 2 rings (SSSR count). The number of rotatable bonds is 3. The molecule has 104 valence electrons. The fourth-order valence-electron chi connectivity index (χ4n) is 1.58. The Balaban J connectivity index is 2.49. The zero-order valence-electron chi connectivity index (χ0n) is 10.4. The molecule has 0 aliphatic rings. The summed E-state index contributed by atoms with van der Waals surface area (Å²) >= 11 is 12.8. The summed E-state index contributed by atoms with van der Waals surface area (Å²) in [5.74, 6) is 0.374. The molecule has 0 aliphatic carbocycles. The number of halogens is 3. The number of para-hydroxylation sites is 1. The first-order valence-electron chi connectivity index (χ1n) is 5.58. The normalized spacial score (nSPS) is 11.0. The SMILES string of the molecule is COc1cc(Br)c(Br)c(C=Nc2ccccc2Cl)c1O. The fourth-order valence-corrected chi connectivity index (χ4v) is 2.59. The number of phenols is 1. The van der Waals surface area contributed by atoms with Crippen LogP contribution in [-0.4, -0.2) is 18.4 Å². The van der Waals surface area contributed by atoms with Gasteiger partial charge in [0.2, 0.25) is 0 Å². The van der Waals surface area contributed by atoms with Gasteiger partial charge in [0.1, 0.15) is 0 Å². The van der Waals surface area contributed by atoms with E-state index in [2.05, 4.69) is 36.9 Å². The molecule has 3 nitrogen and oxygen atoms in total. The molecule has 0 atom stereocenters. The average molecular weight is 420 g/mol. The second-order valence-corrected chi connectivity index (χ2v) is 5.90. The van der Waals surface area contributed by atoms with Crippen molar-refractivity contribution in [2.75, 3.05) is 7.11 Å². The Hall–Kier alpha value is -1.04. The van der Waals surface area contributed by atoms with E-state index in [0.717, 1.165) is 4.47 Å². The summed E-state index contributed by atoms with van der Waals surface area (Å²) < 4.78 is 6.55. The first kappa shape index (κ1) is 15.4. The lowest BCUT2D eigenvalue weighted by atomic mass is 10.2. The lowest BCUT2D eigenvalue weighted by Crippen LogP contribution is -1.91. The molecule has 0 unspecified atom stereocenters. The highest BCUT2D eigenvalue weighted by Gasteiger charge is 2.14. The van der Waals surface area contributed by atoms with Crippen LogP contribution in [0.3, 0.4) is 0 Å². The summed E-state index contributed by atoms with van der Waals surface area (Å²) in [7, 11) is 1.49. The summed E-state index contributed by atoms with van der Waals surface area (Å²) in [5, 5.41) is 10.7. The second kappa shape index (κ2) is 6.61. The summed E-state index contributed by atoms with van der Waals surface area (Å²) in [6.45, 7) is 0. The van der Waals surface area contributed by atoms with Crippen LogP contribution in [0.5, 0.6) is 11.5 Å². The zero-order valence-corrected chi connectivity index (χ0v) is 14.3. The number of nitrogens with zero attached hydrogens (tertiary/aromatic N) is 1. The van der Waals surface area contributed by atoms with Crippen molar-refractivity contribution in [3.63, 3.8) is 0 Å². The molecule has 0 aromatic heterocycles. The molecule has 0 bridgehead atoms. The maximum atomic E-state index is 10.1. The lowest BCUT2D eigenvalue weighted by molar-refractivity contribution is 0.372. The summed E-state index contributed by atoms with van der Waals surface area (Å²) in [4.78, 5) is 4.29. The van der Waals surface area contributed by atoms with E-state index in [1.54, 1.807) is 18.2 Å². The molecule has 0 aliphatic heterocycles. The quantitative estimate of drug-likeness (QED) is 0.684. The van der Waals surface area contributed by atoms with Crippen molar-refractivity contribution in [2.45, 2.75) is 0 Å². The molecule has 0 saturated carbocycles. The highest BCUT2D eigenvalue weighted by atomic mass is 79.9. The smallest absolute Gasteiger partial charge is 0.167 e. The van der Waals surface area contributed by atoms with Crippen molar-refractivity contribution in [1.82, 2.24) is 0 Å². The number of aliphatic imine (C=N–C) groups is 1. The third-order valence-electron chi connectivity index (χ3n) is 2.60. The van der Waals surface area contributed by atoms with E-state index in [-0.39, 0.29) is 5.75 Å². The van der Waals surface area contributed by atoms with Crippen LogP contribution in [0.1, 0.15) is 5.56 Å². The molecule has 0 heterocycles. The summed E-state index contributed by atoms with van der Waals surface area (Å²) in [5.41, 5.74) is 1.13. The standard InChI is InChI=1S/C14H10Br2ClNO2/c1-20-12-6-9(15)13(16)8(14(12)19)7-18-11-5-3-2-4-10(11)17/h2-7,19H,1H3. The van der Waals surface area contributed by atoms with Crippen LogP contribution < -0.4 is 4.74 Å². The van der Waals surface area contributed by atoms with Gasteiger partial charge >= 0.3 is 0 Å². The molecular weight excluding hydrogens is 409 g/mol. The van der Waals surface area contributed by atoms with E-state index < -0.39 is 0 Å². The predicted octanol–water partition coefficient (Wildman–Crippen LogP) is 5.33. The first-order valence-corrected chi connectivity index (χ1v) is 7.54. The minimum absolute atomic E-state index is 0.0124. The van der Waals surface area contributed by atoms with Crippen molar-refractivity contribution in [2.24, 2.45) is 4.99 Å². The maximum absolute atomic E-state index is 10.1. The topological polar surface area (TPSA) is 41.8 Å². The molecule has 20 heavy (non-hydrogen) atoms. The number of phenolic OH excluding ortho intramolecular Hbond substituents is 1. The van der Waals surface area contributed by atoms with Crippen molar-refractivity contribution < 1.29 is 9.84 Å². The van der Waals surface area contributed by atoms with Crippen molar-refractivity contribution in [3.05, 3.63) is 49.9 Å². The summed E-state index contributed by atoms with van der Waals surface area (Å²) in [6.07, 6.45) is 1.54. The Morgan fingerprint density at radius 3 is 2.65 bits per heavy atom. The molecule has 1 N–H and O–H groups in total. The summed E-state index contributed by atoms with van der Waals surface area (Å²) in [6, 6.07) is 8.89. The van der Waals surface area contributed by atoms with Crippen LogP contribution in [0.15, 0.2) is 44.3 Å². The van der Waals surface area contributed by atoms with E-state index in [1.165, 1.54) is 13.3 Å². The Kier molecular flexibility index (Phi) is 5.07. The van der Waals surface area contributed by atoms with Gasteiger partial charge in [0.15, 0.2) is 11.5 Å². The number of methoxy groups -OCH3 is 1. The van der Waals surface area contributed by atoms with Gasteiger partial charge in [-0.1, -0.05) is 23.7 Å². The number of ether oxygens (including phenoxy) is 1. The van der Waals surface area contributed by atoms with Gasteiger partial charge in [-0.05, 0) is 50.1 Å². The first-order chi connectivity index (χ1) is 9.54. The number of aromatic hydroxyl groups is 1. The Labute approximate surface area is 138 Å². The van der Waals surface area contributed by atoms with E-state index in [9.17, 15) is 5.11 Å². The Bertz CT molecular complexity index is 674. The third kappa shape index (κ3) is 3.16. The molecule has 2 aromatic rings. The fraction of sp³-hybridized carbons (Fsp3) is 0.0714. The molecule has 0 saturated heterocycles. The molecule has 2 aromatic carbocycles. The number of hydrogen-bond acceptors (Lipinski definition) is 3.